The molecule has 5 nitrogen and oxygen atoms in total. The second-order valence-electron chi connectivity index (χ2n) is 4.80. The van der Waals surface area contributed by atoms with Gasteiger partial charge in [-0.15, -0.1) is 0 Å². The second kappa shape index (κ2) is 4.74. The Kier molecular flexibility index (Phi) is 3.09. The van der Waals surface area contributed by atoms with Gasteiger partial charge < -0.3 is 19.4 Å². The Labute approximate surface area is 106 Å². The number of nitrogens with one attached hydrogen (secondary N) is 1. The number of rotatable bonds is 3. The van der Waals surface area contributed by atoms with Crippen LogP contribution in [-0.2, 0) is 9.47 Å². The molecule has 98 valence electrons. The van der Waals surface area contributed by atoms with E-state index in [1.165, 1.54) is 0 Å². The minimum Gasteiger partial charge on any atom is -0.379 e. The van der Waals surface area contributed by atoms with Crippen LogP contribution in [0.5, 0.6) is 0 Å². The zero-order valence-corrected chi connectivity index (χ0v) is 10.5. The van der Waals surface area contributed by atoms with Crippen molar-refractivity contribution in [2.75, 3.05) is 26.4 Å². The molecule has 0 saturated carbocycles. The summed E-state index contributed by atoms with van der Waals surface area (Å²) in [7, 11) is 0. The van der Waals surface area contributed by atoms with E-state index < -0.39 is 0 Å². The second-order valence-corrected chi connectivity index (χ2v) is 4.80. The van der Waals surface area contributed by atoms with E-state index in [-0.39, 0.29) is 18.1 Å². The maximum atomic E-state index is 12.4. The Bertz CT molecular complexity index is 418. The van der Waals surface area contributed by atoms with Gasteiger partial charge >= 0.3 is 0 Å². The van der Waals surface area contributed by atoms with E-state index in [2.05, 4.69) is 4.98 Å². The number of amides is 1. The summed E-state index contributed by atoms with van der Waals surface area (Å²) in [5.74, 6) is 0.367. The van der Waals surface area contributed by atoms with Gasteiger partial charge in [0.05, 0.1) is 25.4 Å². The standard InChI is InChI=1S/C13H18N2O3/c1-2-18-12-6-15(11-8-17-7-9(11)12)13(16)10-4-3-5-14-10/h3-5,9,11-12,14H,2,6-8H2,1H3/t9-,11+,12-/m0/s1. The number of likely N-dealkylation sites (tertiary alicyclic amines) is 1. The van der Waals surface area contributed by atoms with E-state index in [0.29, 0.717) is 38.0 Å². The quantitative estimate of drug-likeness (QED) is 0.867. The average Bonchev–Trinajstić information content (AvgIpc) is 3.07. The topological polar surface area (TPSA) is 54.6 Å². The molecule has 0 spiro atoms. The normalized spacial score (nSPS) is 30.7. The smallest absolute Gasteiger partial charge is 0.270 e. The van der Waals surface area contributed by atoms with Crippen molar-refractivity contribution in [1.82, 2.24) is 9.88 Å². The Morgan fingerprint density at radius 3 is 3.22 bits per heavy atom. The van der Waals surface area contributed by atoms with Gasteiger partial charge in [-0.25, -0.2) is 0 Å². The van der Waals surface area contributed by atoms with Crippen LogP contribution in [-0.4, -0.2) is 54.3 Å². The molecule has 5 heteroatoms. The first-order chi connectivity index (χ1) is 8.81. The molecule has 2 fully saturated rings. The van der Waals surface area contributed by atoms with Crippen LogP contribution in [0.15, 0.2) is 18.3 Å². The van der Waals surface area contributed by atoms with E-state index in [4.69, 9.17) is 9.47 Å². The predicted molar refractivity (Wildman–Crippen MR) is 65.3 cm³/mol. The van der Waals surface area contributed by atoms with E-state index in [1.54, 1.807) is 12.3 Å². The van der Waals surface area contributed by atoms with Gasteiger partial charge in [0.2, 0.25) is 0 Å². The number of nitrogens with zero attached hydrogens (tertiary/aromatic N) is 1. The fraction of sp³-hybridized carbons (Fsp3) is 0.615. The highest BCUT2D eigenvalue weighted by Crippen LogP contribution is 2.32. The summed E-state index contributed by atoms with van der Waals surface area (Å²) < 4.78 is 11.2. The van der Waals surface area contributed by atoms with Crippen molar-refractivity contribution in [3.63, 3.8) is 0 Å². The summed E-state index contributed by atoms with van der Waals surface area (Å²) >= 11 is 0. The third-order valence-corrected chi connectivity index (χ3v) is 3.82. The Hall–Kier alpha value is -1.33. The fourth-order valence-corrected chi connectivity index (χ4v) is 2.94. The molecule has 0 unspecified atom stereocenters. The largest absolute Gasteiger partial charge is 0.379 e. The molecule has 0 bridgehead atoms. The van der Waals surface area contributed by atoms with Gasteiger partial charge in [-0.2, -0.15) is 0 Å². The lowest BCUT2D eigenvalue weighted by Gasteiger charge is -2.21. The van der Waals surface area contributed by atoms with E-state index in [0.717, 1.165) is 0 Å². The van der Waals surface area contributed by atoms with Crippen molar-refractivity contribution in [1.29, 1.82) is 0 Å². The first kappa shape index (κ1) is 11.7. The zero-order valence-electron chi connectivity index (χ0n) is 10.5. The maximum absolute atomic E-state index is 12.4. The van der Waals surface area contributed by atoms with Crippen LogP contribution in [0.2, 0.25) is 0 Å². The monoisotopic (exact) mass is 250 g/mol. The summed E-state index contributed by atoms with van der Waals surface area (Å²) in [5.41, 5.74) is 0.637. The summed E-state index contributed by atoms with van der Waals surface area (Å²) in [6.07, 6.45) is 1.88. The Morgan fingerprint density at radius 1 is 1.61 bits per heavy atom. The van der Waals surface area contributed by atoms with E-state index in [9.17, 15) is 4.79 Å². The van der Waals surface area contributed by atoms with Gasteiger partial charge in [0, 0.05) is 25.3 Å². The number of hydrogen-bond acceptors (Lipinski definition) is 3. The molecular weight excluding hydrogens is 232 g/mol. The molecule has 2 aliphatic heterocycles. The van der Waals surface area contributed by atoms with Crippen molar-refractivity contribution < 1.29 is 14.3 Å². The number of ether oxygens (including phenoxy) is 2. The lowest BCUT2D eigenvalue weighted by Crippen LogP contribution is -2.38. The van der Waals surface area contributed by atoms with Gasteiger partial charge in [-0.3, -0.25) is 4.79 Å². The molecule has 1 amide bonds. The molecule has 3 rings (SSSR count). The molecular formula is C13H18N2O3. The fourth-order valence-electron chi connectivity index (χ4n) is 2.94. The Morgan fingerprint density at radius 2 is 2.50 bits per heavy atom. The molecule has 18 heavy (non-hydrogen) atoms. The molecule has 0 aromatic carbocycles. The van der Waals surface area contributed by atoms with Crippen LogP contribution in [0, 0.1) is 5.92 Å². The van der Waals surface area contributed by atoms with Crippen LogP contribution >= 0.6 is 0 Å². The van der Waals surface area contributed by atoms with Crippen molar-refractivity contribution in [3.8, 4) is 0 Å². The van der Waals surface area contributed by atoms with Crippen LogP contribution in [0.3, 0.4) is 0 Å². The maximum Gasteiger partial charge on any atom is 0.270 e. The summed E-state index contributed by atoms with van der Waals surface area (Å²) in [5, 5.41) is 0. The number of aromatic amines is 1. The molecule has 1 aromatic rings. The molecule has 0 aliphatic carbocycles. The molecule has 0 radical (unpaired) electrons. The predicted octanol–water partition coefficient (Wildman–Crippen LogP) is 0.891. The summed E-state index contributed by atoms with van der Waals surface area (Å²) in [6, 6.07) is 3.81. The third kappa shape index (κ3) is 1.83. The van der Waals surface area contributed by atoms with Crippen molar-refractivity contribution in [2.24, 2.45) is 5.92 Å². The number of carbonyl (C=O) groups excluding carboxylic acids is 1. The van der Waals surface area contributed by atoms with Crippen LogP contribution < -0.4 is 0 Å². The first-order valence-electron chi connectivity index (χ1n) is 6.45. The van der Waals surface area contributed by atoms with Crippen molar-refractivity contribution >= 4 is 5.91 Å². The van der Waals surface area contributed by atoms with Crippen molar-refractivity contribution in [2.45, 2.75) is 19.1 Å². The van der Waals surface area contributed by atoms with E-state index >= 15 is 0 Å². The molecule has 1 N–H and O–H groups in total. The number of H-pyrrole nitrogens is 1. The summed E-state index contributed by atoms with van der Waals surface area (Å²) in [4.78, 5) is 17.2. The number of carbonyl (C=O) groups is 1. The molecule has 2 aliphatic rings. The third-order valence-electron chi connectivity index (χ3n) is 3.82. The molecule has 3 atom stereocenters. The molecule has 3 heterocycles. The van der Waals surface area contributed by atoms with E-state index in [1.807, 2.05) is 17.9 Å². The highest BCUT2D eigenvalue weighted by atomic mass is 16.5. The summed E-state index contributed by atoms with van der Waals surface area (Å²) in [6.45, 7) is 4.66. The SMILES string of the molecule is CCO[C@H]1CN(C(=O)c2ccc[nH]2)[C@@H]2COC[C@H]12. The van der Waals surface area contributed by atoms with Gasteiger partial charge in [0.1, 0.15) is 5.69 Å². The number of aromatic nitrogens is 1. The molecule has 1 aromatic heterocycles. The highest BCUT2D eigenvalue weighted by Gasteiger charge is 2.48. The van der Waals surface area contributed by atoms with Crippen molar-refractivity contribution in [3.05, 3.63) is 24.0 Å². The Balaban J connectivity index is 1.78. The molecule has 2 saturated heterocycles. The zero-order chi connectivity index (χ0) is 12.5. The minimum absolute atomic E-state index is 0.0442. The van der Waals surface area contributed by atoms with Crippen LogP contribution in [0.25, 0.3) is 0 Å². The van der Waals surface area contributed by atoms with Crippen LogP contribution in [0.1, 0.15) is 17.4 Å². The lowest BCUT2D eigenvalue weighted by molar-refractivity contribution is 0.0256. The minimum atomic E-state index is 0.0442. The van der Waals surface area contributed by atoms with Gasteiger partial charge in [-0.05, 0) is 19.1 Å². The average molecular weight is 250 g/mol. The number of fused-ring (bicyclic) bond motifs is 1. The highest BCUT2D eigenvalue weighted by molar-refractivity contribution is 5.93. The van der Waals surface area contributed by atoms with Gasteiger partial charge in [0.25, 0.3) is 5.91 Å². The lowest BCUT2D eigenvalue weighted by atomic mass is 10.0. The van der Waals surface area contributed by atoms with Crippen LogP contribution in [0.4, 0.5) is 0 Å². The van der Waals surface area contributed by atoms with Gasteiger partial charge in [0.15, 0.2) is 0 Å². The number of hydrogen-bond donors (Lipinski definition) is 1. The first-order valence-corrected chi connectivity index (χ1v) is 6.45. The van der Waals surface area contributed by atoms with Gasteiger partial charge in [-0.1, -0.05) is 0 Å².